The summed E-state index contributed by atoms with van der Waals surface area (Å²) >= 11 is 0. The van der Waals surface area contributed by atoms with E-state index >= 15 is 17.6 Å². The summed E-state index contributed by atoms with van der Waals surface area (Å²) in [6.45, 7) is 11.3. The number of hydrogen-bond acceptors (Lipinski definition) is 3. The lowest BCUT2D eigenvalue weighted by Gasteiger charge is -2.30. The number of aryl methyl sites for hydroxylation is 2. The fraction of sp³-hybridized carbons (Fsp3) is 0.0357. The van der Waals surface area contributed by atoms with Gasteiger partial charge in [0.1, 0.15) is 23.3 Å². The quantitative estimate of drug-likeness (QED) is 0.0868. The van der Waals surface area contributed by atoms with Crippen molar-refractivity contribution in [2.45, 2.75) is 13.8 Å². The van der Waals surface area contributed by atoms with E-state index < -0.39 is 23.3 Å². The Balaban J connectivity index is 1.24. The van der Waals surface area contributed by atoms with Crippen molar-refractivity contribution in [2.75, 3.05) is 9.80 Å². The van der Waals surface area contributed by atoms with E-state index in [0.29, 0.717) is 45.1 Å². The van der Waals surface area contributed by atoms with E-state index in [-0.39, 0.29) is 22.5 Å². The zero-order valence-electron chi connectivity index (χ0n) is 34.5. The Morgan fingerprint density at radius 3 is 1.30 bits per heavy atom. The van der Waals surface area contributed by atoms with Gasteiger partial charge in [-0.25, -0.2) is 22.4 Å². The molecule has 306 valence electrons. The predicted octanol–water partition coefficient (Wildman–Crippen LogP) is 16.5. The highest BCUT2D eigenvalue weighted by molar-refractivity contribution is 6.28. The molecule has 0 atom stereocenters. The molecule has 10 aromatic rings. The van der Waals surface area contributed by atoms with Gasteiger partial charge < -0.3 is 9.80 Å². The third-order valence-electron chi connectivity index (χ3n) is 12.0. The van der Waals surface area contributed by atoms with Gasteiger partial charge >= 0.3 is 0 Å². The number of nitriles is 1. The number of rotatable bonds is 8. The first-order chi connectivity index (χ1) is 31.1. The van der Waals surface area contributed by atoms with Gasteiger partial charge in [0.05, 0.1) is 41.0 Å². The van der Waals surface area contributed by atoms with Gasteiger partial charge in [0.15, 0.2) is 5.69 Å². The Morgan fingerprint density at radius 1 is 0.453 bits per heavy atom. The van der Waals surface area contributed by atoms with Crippen molar-refractivity contribution in [1.82, 2.24) is 0 Å². The molecule has 0 radical (unpaired) electrons. The van der Waals surface area contributed by atoms with Gasteiger partial charge in [-0.05, 0) is 118 Å². The van der Waals surface area contributed by atoms with E-state index in [1.165, 1.54) is 12.1 Å². The van der Waals surface area contributed by atoms with Crippen LogP contribution in [-0.2, 0) is 0 Å². The number of nitrogens with zero attached hydrogens (tertiary/aromatic N) is 4. The molecule has 8 heteroatoms. The molecule has 0 aliphatic heterocycles. The molecular weight excluding hydrogens is 805 g/mol. The number of anilines is 6. The van der Waals surface area contributed by atoms with Gasteiger partial charge in [-0.3, -0.25) is 0 Å². The molecule has 64 heavy (non-hydrogen) atoms. The van der Waals surface area contributed by atoms with Gasteiger partial charge in [-0.15, -0.1) is 0 Å². The van der Waals surface area contributed by atoms with Crippen LogP contribution in [-0.4, -0.2) is 0 Å². The molecular formula is C56H34F4N4. The second kappa shape index (κ2) is 15.8. The maximum absolute atomic E-state index is 16.5. The summed E-state index contributed by atoms with van der Waals surface area (Å²) in [5.74, 6) is -2.95. The molecule has 0 saturated heterocycles. The van der Waals surface area contributed by atoms with Gasteiger partial charge in [0.25, 0.3) is 0 Å². The highest BCUT2D eigenvalue weighted by Gasteiger charge is 2.26. The zero-order chi connectivity index (χ0) is 44.2. The highest BCUT2D eigenvalue weighted by Crippen LogP contribution is 2.49. The van der Waals surface area contributed by atoms with Crippen LogP contribution in [0.4, 0.5) is 57.4 Å². The lowest BCUT2D eigenvalue weighted by atomic mass is 9.91. The molecule has 0 spiro atoms. The normalized spacial score (nSPS) is 11.2. The van der Waals surface area contributed by atoms with Crippen LogP contribution in [0.3, 0.4) is 0 Å². The number of halogens is 4. The minimum atomic E-state index is -0.779. The molecule has 0 amide bonds. The first kappa shape index (κ1) is 39.7. The van der Waals surface area contributed by atoms with Crippen molar-refractivity contribution in [2.24, 2.45) is 0 Å². The summed E-state index contributed by atoms with van der Waals surface area (Å²) in [7, 11) is 0. The Morgan fingerprint density at radius 2 is 0.875 bits per heavy atom. The third kappa shape index (κ3) is 6.61. The first-order valence-corrected chi connectivity index (χ1v) is 20.5. The number of hydrogen-bond donors (Lipinski definition) is 0. The van der Waals surface area contributed by atoms with Crippen LogP contribution < -0.4 is 9.80 Å². The van der Waals surface area contributed by atoms with E-state index in [9.17, 15) is 5.26 Å². The molecule has 0 aromatic heterocycles. The fourth-order valence-corrected chi connectivity index (χ4v) is 8.92. The van der Waals surface area contributed by atoms with Crippen LogP contribution in [0.2, 0.25) is 0 Å². The van der Waals surface area contributed by atoms with Crippen molar-refractivity contribution in [1.29, 1.82) is 5.26 Å². The second-order valence-electron chi connectivity index (χ2n) is 15.7. The molecule has 0 aliphatic carbocycles. The second-order valence-corrected chi connectivity index (χ2v) is 15.7. The van der Waals surface area contributed by atoms with Gasteiger partial charge in [-0.1, -0.05) is 97.1 Å². The lowest BCUT2D eigenvalue weighted by molar-refractivity contribution is 0.585. The molecule has 0 saturated carbocycles. The average molecular weight is 839 g/mol. The fourth-order valence-electron chi connectivity index (χ4n) is 8.92. The summed E-state index contributed by atoms with van der Waals surface area (Å²) in [5, 5.41) is 14.6. The van der Waals surface area contributed by atoms with Crippen LogP contribution in [0.15, 0.2) is 170 Å². The predicted molar refractivity (Wildman–Crippen MR) is 251 cm³/mol. The molecule has 0 aliphatic rings. The minimum absolute atomic E-state index is 0.102. The van der Waals surface area contributed by atoms with Crippen LogP contribution in [0.5, 0.6) is 0 Å². The highest BCUT2D eigenvalue weighted by atomic mass is 19.1. The molecule has 0 fully saturated rings. The average Bonchev–Trinajstić information content (AvgIpc) is 3.31. The van der Waals surface area contributed by atoms with Gasteiger partial charge in [0, 0.05) is 45.4 Å². The van der Waals surface area contributed by atoms with E-state index in [0.717, 1.165) is 55.6 Å². The summed E-state index contributed by atoms with van der Waals surface area (Å²) in [6.07, 6.45) is 0. The Labute approximate surface area is 366 Å². The smallest absolute Gasteiger partial charge is 0.187 e. The van der Waals surface area contributed by atoms with E-state index in [1.807, 2.05) is 98.8 Å². The van der Waals surface area contributed by atoms with Crippen molar-refractivity contribution in [3.63, 3.8) is 0 Å². The van der Waals surface area contributed by atoms with Gasteiger partial charge in [-0.2, -0.15) is 5.26 Å². The van der Waals surface area contributed by atoms with E-state index in [2.05, 4.69) is 10.9 Å². The van der Waals surface area contributed by atoms with Crippen LogP contribution in [0.25, 0.3) is 59.4 Å². The molecule has 10 aromatic carbocycles. The largest absolute Gasteiger partial charge is 0.307 e. The topological polar surface area (TPSA) is 34.6 Å². The number of benzene rings is 10. The zero-order valence-corrected chi connectivity index (χ0v) is 34.5. The monoisotopic (exact) mass is 838 g/mol. The standard InChI is InChI=1S/C56H34F4N4/c1-33-8-4-6-10-41(33)45-28-53(49(59)30-47(45)57)63(39-20-12-35(32-61)13-21-39)51-26-16-36-15-25-44-52(27-17-37-14-24-43(51)55(36)56(37)44)64(40-22-18-38(62-3)19-23-40)54-29-46(48(58)31-50(54)60)42-11-7-5-9-34(42)2/h4-31H,1-2H3. The van der Waals surface area contributed by atoms with Crippen molar-refractivity contribution in [3.05, 3.63) is 221 Å². The molecule has 0 unspecified atom stereocenters. The summed E-state index contributed by atoms with van der Waals surface area (Å²) in [6, 6.07) is 51.1. The molecule has 10 rings (SSSR count). The third-order valence-corrected chi connectivity index (χ3v) is 12.0. The molecule has 0 bridgehead atoms. The summed E-state index contributed by atoms with van der Waals surface area (Å²) < 4.78 is 64.6. The SMILES string of the molecule is [C-]#[N+]c1ccc(N(c2cc(-c3ccccc3C)c(F)cc2F)c2ccc3ccc4c(N(c5ccc(C#N)cc5)c5cc(-c6ccccc6C)c(F)cc5F)ccc5ccc2c3c54)cc1. The van der Waals surface area contributed by atoms with Crippen LogP contribution >= 0.6 is 0 Å². The molecule has 0 N–H and O–H groups in total. The summed E-state index contributed by atoms with van der Waals surface area (Å²) in [5.41, 5.74) is 6.69. The Hall–Kier alpha value is -8.46. The van der Waals surface area contributed by atoms with E-state index in [1.54, 1.807) is 70.5 Å². The van der Waals surface area contributed by atoms with Crippen molar-refractivity contribution >= 4 is 72.1 Å². The van der Waals surface area contributed by atoms with E-state index in [4.69, 9.17) is 6.57 Å². The lowest BCUT2D eigenvalue weighted by Crippen LogP contribution is -2.14. The van der Waals surface area contributed by atoms with Gasteiger partial charge in [0.2, 0.25) is 0 Å². The molecule has 4 nitrogen and oxygen atoms in total. The Bertz CT molecular complexity index is 3310. The van der Waals surface area contributed by atoms with Crippen LogP contribution in [0, 0.1) is 55.0 Å². The van der Waals surface area contributed by atoms with Crippen LogP contribution in [0.1, 0.15) is 16.7 Å². The maximum atomic E-state index is 16.5. The van der Waals surface area contributed by atoms with Crippen molar-refractivity contribution < 1.29 is 17.6 Å². The van der Waals surface area contributed by atoms with Crippen molar-refractivity contribution in [3.8, 4) is 28.3 Å². The maximum Gasteiger partial charge on any atom is 0.187 e. The summed E-state index contributed by atoms with van der Waals surface area (Å²) in [4.78, 5) is 7.07. The molecule has 0 heterocycles. The minimum Gasteiger partial charge on any atom is -0.307 e. The Kier molecular flexibility index (Phi) is 9.78. The first-order valence-electron chi connectivity index (χ1n) is 20.5.